The van der Waals surface area contributed by atoms with Crippen LogP contribution in [0.1, 0.15) is 17.5 Å². The molecule has 0 radical (unpaired) electrons. The van der Waals surface area contributed by atoms with E-state index >= 15 is 0 Å². The SMILES string of the molecule is O=C(CC(=O)N/N=C/c1ccc(Cl)c(Cl)c1)NCc1ccccc1. The molecule has 0 aliphatic carbocycles. The van der Waals surface area contributed by atoms with Crippen LogP contribution in [0.25, 0.3) is 0 Å². The van der Waals surface area contributed by atoms with Crippen molar-refractivity contribution in [1.82, 2.24) is 10.7 Å². The van der Waals surface area contributed by atoms with Crippen LogP contribution in [0.3, 0.4) is 0 Å². The van der Waals surface area contributed by atoms with Gasteiger partial charge in [0.25, 0.3) is 0 Å². The maximum Gasteiger partial charge on any atom is 0.249 e. The predicted molar refractivity (Wildman–Crippen MR) is 95.1 cm³/mol. The van der Waals surface area contributed by atoms with Crippen molar-refractivity contribution in [2.24, 2.45) is 5.10 Å². The van der Waals surface area contributed by atoms with Crippen molar-refractivity contribution < 1.29 is 9.59 Å². The van der Waals surface area contributed by atoms with Gasteiger partial charge in [0.1, 0.15) is 6.42 Å². The van der Waals surface area contributed by atoms with Gasteiger partial charge in [-0.2, -0.15) is 5.10 Å². The normalized spacial score (nSPS) is 10.6. The summed E-state index contributed by atoms with van der Waals surface area (Å²) < 4.78 is 0. The van der Waals surface area contributed by atoms with Gasteiger partial charge in [-0.1, -0.05) is 59.6 Å². The van der Waals surface area contributed by atoms with E-state index in [-0.39, 0.29) is 12.3 Å². The zero-order chi connectivity index (χ0) is 17.4. The molecule has 2 aromatic rings. The number of hydrazone groups is 1. The number of amides is 2. The first kappa shape index (κ1) is 18.0. The van der Waals surface area contributed by atoms with Crippen molar-refractivity contribution in [3.8, 4) is 0 Å². The topological polar surface area (TPSA) is 70.6 Å². The summed E-state index contributed by atoms with van der Waals surface area (Å²) in [5.74, 6) is -0.877. The number of benzene rings is 2. The van der Waals surface area contributed by atoms with Crippen molar-refractivity contribution >= 4 is 41.2 Å². The number of hydrogen-bond donors (Lipinski definition) is 2. The third-order valence-electron chi connectivity index (χ3n) is 3.00. The molecule has 2 amide bonds. The second-order valence-electron chi connectivity index (χ2n) is 4.91. The average Bonchev–Trinajstić information content (AvgIpc) is 2.57. The number of rotatable bonds is 6. The second-order valence-corrected chi connectivity index (χ2v) is 5.72. The van der Waals surface area contributed by atoms with Gasteiger partial charge in [-0.25, -0.2) is 5.43 Å². The molecular formula is C17H15Cl2N3O2. The summed E-state index contributed by atoms with van der Waals surface area (Å²) in [5, 5.41) is 7.28. The molecule has 0 unspecified atom stereocenters. The zero-order valence-corrected chi connectivity index (χ0v) is 14.1. The lowest BCUT2D eigenvalue weighted by atomic mass is 10.2. The smallest absolute Gasteiger partial charge is 0.249 e. The minimum atomic E-state index is -0.503. The monoisotopic (exact) mass is 363 g/mol. The van der Waals surface area contributed by atoms with E-state index in [4.69, 9.17) is 23.2 Å². The van der Waals surface area contributed by atoms with E-state index in [2.05, 4.69) is 15.8 Å². The van der Waals surface area contributed by atoms with Crippen LogP contribution in [0.4, 0.5) is 0 Å². The Morgan fingerprint density at radius 2 is 1.75 bits per heavy atom. The Kier molecular flexibility index (Phi) is 6.78. The largest absolute Gasteiger partial charge is 0.352 e. The maximum atomic E-state index is 11.7. The summed E-state index contributed by atoms with van der Waals surface area (Å²) in [5.41, 5.74) is 3.93. The van der Waals surface area contributed by atoms with Gasteiger partial charge in [0.2, 0.25) is 11.8 Å². The van der Waals surface area contributed by atoms with Crippen LogP contribution >= 0.6 is 23.2 Å². The first-order valence-corrected chi connectivity index (χ1v) is 7.88. The molecule has 0 spiro atoms. The van der Waals surface area contributed by atoms with Gasteiger partial charge < -0.3 is 5.32 Å². The molecule has 5 nitrogen and oxygen atoms in total. The Morgan fingerprint density at radius 3 is 2.46 bits per heavy atom. The summed E-state index contributed by atoms with van der Waals surface area (Å²) in [4.78, 5) is 23.3. The van der Waals surface area contributed by atoms with Gasteiger partial charge in [-0.05, 0) is 23.3 Å². The number of nitrogens with one attached hydrogen (secondary N) is 2. The van der Waals surface area contributed by atoms with Crippen molar-refractivity contribution in [3.05, 3.63) is 69.7 Å². The summed E-state index contributed by atoms with van der Waals surface area (Å²) in [6.07, 6.45) is 1.12. The van der Waals surface area contributed by atoms with E-state index < -0.39 is 5.91 Å². The van der Waals surface area contributed by atoms with Gasteiger partial charge in [0.15, 0.2) is 0 Å². The number of halogens is 2. The lowest BCUT2D eigenvalue weighted by Gasteiger charge is -2.04. The van der Waals surface area contributed by atoms with Crippen LogP contribution < -0.4 is 10.7 Å². The second kappa shape index (κ2) is 9.05. The summed E-state index contributed by atoms with van der Waals surface area (Å²) in [6, 6.07) is 14.4. The molecular weight excluding hydrogens is 349 g/mol. The maximum absolute atomic E-state index is 11.7. The molecule has 2 N–H and O–H groups in total. The quantitative estimate of drug-likeness (QED) is 0.470. The summed E-state index contributed by atoms with van der Waals surface area (Å²) >= 11 is 11.7. The molecule has 0 aliphatic heterocycles. The number of carbonyl (C=O) groups is 2. The van der Waals surface area contributed by atoms with Crippen LogP contribution in [0, 0.1) is 0 Å². The lowest BCUT2D eigenvalue weighted by molar-refractivity contribution is -0.129. The van der Waals surface area contributed by atoms with Crippen molar-refractivity contribution in [2.45, 2.75) is 13.0 Å². The van der Waals surface area contributed by atoms with Crippen molar-refractivity contribution in [2.75, 3.05) is 0 Å². The molecule has 0 saturated carbocycles. The fourth-order valence-electron chi connectivity index (χ4n) is 1.82. The number of carbonyl (C=O) groups excluding carboxylic acids is 2. The molecule has 124 valence electrons. The first-order valence-electron chi connectivity index (χ1n) is 7.12. The highest BCUT2D eigenvalue weighted by Gasteiger charge is 2.08. The predicted octanol–water partition coefficient (Wildman–Crippen LogP) is 3.15. The van der Waals surface area contributed by atoms with E-state index in [1.54, 1.807) is 18.2 Å². The van der Waals surface area contributed by atoms with Crippen LogP contribution in [0.15, 0.2) is 53.6 Å². The van der Waals surface area contributed by atoms with Gasteiger partial charge in [-0.3, -0.25) is 9.59 Å². The third-order valence-corrected chi connectivity index (χ3v) is 3.74. The Morgan fingerprint density at radius 1 is 1.00 bits per heavy atom. The molecule has 7 heteroatoms. The Balaban J connectivity index is 1.75. The van der Waals surface area contributed by atoms with Crippen molar-refractivity contribution in [1.29, 1.82) is 0 Å². The molecule has 0 aromatic heterocycles. The molecule has 0 bridgehead atoms. The minimum Gasteiger partial charge on any atom is -0.352 e. The van der Waals surface area contributed by atoms with E-state index in [9.17, 15) is 9.59 Å². The van der Waals surface area contributed by atoms with Gasteiger partial charge in [0, 0.05) is 6.54 Å². The van der Waals surface area contributed by atoms with Crippen LogP contribution in [-0.4, -0.2) is 18.0 Å². The highest BCUT2D eigenvalue weighted by molar-refractivity contribution is 6.42. The molecule has 0 aliphatic rings. The number of hydrogen-bond acceptors (Lipinski definition) is 3. The van der Waals surface area contributed by atoms with Gasteiger partial charge in [-0.15, -0.1) is 0 Å². The van der Waals surface area contributed by atoms with E-state index in [0.29, 0.717) is 22.2 Å². The molecule has 0 heterocycles. The Hall–Kier alpha value is -2.37. The number of nitrogens with zero attached hydrogens (tertiary/aromatic N) is 1. The standard InChI is InChI=1S/C17H15Cl2N3O2/c18-14-7-6-13(8-15(14)19)11-21-22-17(24)9-16(23)20-10-12-4-2-1-3-5-12/h1-8,11H,9-10H2,(H,20,23)(H,22,24)/b21-11+. The van der Waals surface area contributed by atoms with E-state index in [0.717, 1.165) is 5.56 Å². The molecule has 2 rings (SSSR count). The molecule has 0 saturated heterocycles. The molecule has 2 aromatic carbocycles. The summed E-state index contributed by atoms with van der Waals surface area (Å²) in [6.45, 7) is 0.374. The average molecular weight is 364 g/mol. The fourth-order valence-corrected chi connectivity index (χ4v) is 2.12. The lowest BCUT2D eigenvalue weighted by Crippen LogP contribution is -2.29. The highest BCUT2D eigenvalue weighted by atomic mass is 35.5. The Bertz CT molecular complexity index is 749. The third kappa shape index (κ3) is 6.02. The zero-order valence-electron chi connectivity index (χ0n) is 12.6. The highest BCUT2D eigenvalue weighted by Crippen LogP contribution is 2.21. The van der Waals surface area contributed by atoms with Crippen LogP contribution in [0.5, 0.6) is 0 Å². The Labute approximate surface area is 149 Å². The van der Waals surface area contributed by atoms with E-state index in [1.165, 1.54) is 6.21 Å². The minimum absolute atomic E-state index is 0.300. The fraction of sp³-hybridized carbons (Fsp3) is 0.118. The van der Waals surface area contributed by atoms with Crippen LogP contribution in [0.2, 0.25) is 10.0 Å². The summed E-state index contributed by atoms with van der Waals surface area (Å²) in [7, 11) is 0. The van der Waals surface area contributed by atoms with Gasteiger partial charge in [0.05, 0.1) is 16.3 Å². The van der Waals surface area contributed by atoms with Gasteiger partial charge >= 0.3 is 0 Å². The molecule has 24 heavy (non-hydrogen) atoms. The molecule has 0 atom stereocenters. The first-order chi connectivity index (χ1) is 11.5. The van der Waals surface area contributed by atoms with Crippen molar-refractivity contribution in [3.63, 3.8) is 0 Å². The van der Waals surface area contributed by atoms with Crippen LogP contribution in [-0.2, 0) is 16.1 Å². The van der Waals surface area contributed by atoms with E-state index in [1.807, 2.05) is 30.3 Å². The molecule has 0 fully saturated rings.